The zero-order chi connectivity index (χ0) is 14.1. The van der Waals surface area contributed by atoms with Gasteiger partial charge in [0.05, 0.1) is 18.2 Å². The normalized spacial score (nSPS) is 10.4. The van der Waals surface area contributed by atoms with Gasteiger partial charge in [0.15, 0.2) is 0 Å². The minimum Gasteiger partial charge on any atom is -0.497 e. The molecule has 4 heteroatoms. The Labute approximate surface area is 116 Å². The van der Waals surface area contributed by atoms with Gasteiger partial charge >= 0.3 is 0 Å². The van der Waals surface area contributed by atoms with Crippen LogP contribution in [0.2, 0.25) is 0 Å². The summed E-state index contributed by atoms with van der Waals surface area (Å²) in [6.45, 7) is 0. The molecule has 98 valence electrons. The SMILES string of the molecule is COc1ccc(-c2c(C#N)c3ccccc3n2O)cc1. The number of benzene rings is 2. The fourth-order valence-corrected chi connectivity index (χ4v) is 2.35. The first kappa shape index (κ1) is 12.1. The highest BCUT2D eigenvalue weighted by Crippen LogP contribution is 2.32. The monoisotopic (exact) mass is 264 g/mol. The predicted molar refractivity (Wildman–Crippen MR) is 75.8 cm³/mol. The molecule has 0 aliphatic carbocycles. The van der Waals surface area contributed by atoms with Crippen LogP contribution >= 0.6 is 0 Å². The minimum atomic E-state index is 0.466. The summed E-state index contributed by atoms with van der Waals surface area (Å²) in [6, 6.07) is 16.7. The lowest BCUT2D eigenvalue weighted by atomic mass is 10.1. The molecule has 1 aromatic heterocycles. The maximum absolute atomic E-state index is 10.3. The number of fused-ring (bicyclic) bond motifs is 1. The summed E-state index contributed by atoms with van der Waals surface area (Å²) in [5, 5.41) is 20.4. The largest absolute Gasteiger partial charge is 0.497 e. The van der Waals surface area contributed by atoms with Crippen LogP contribution in [-0.2, 0) is 0 Å². The van der Waals surface area contributed by atoms with E-state index in [1.165, 1.54) is 0 Å². The van der Waals surface area contributed by atoms with E-state index in [0.29, 0.717) is 16.8 Å². The van der Waals surface area contributed by atoms with Crippen molar-refractivity contribution in [1.82, 2.24) is 4.73 Å². The molecule has 20 heavy (non-hydrogen) atoms. The molecule has 0 aliphatic heterocycles. The highest BCUT2D eigenvalue weighted by molar-refractivity contribution is 5.94. The molecule has 0 fully saturated rings. The smallest absolute Gasteiger partial charge is 0.118 e. The van der Waals surface area contributed by atoms with E-state index in [4.69, 9.17) is 4.74 Å². The summed E-state index contributed by atoms with van der Waals surface area (Å²) in [5.74, 6) is 0.729. The topological polar surface area (TPSA) is 58.2 Å². The highest BCUT2D eigenvalue weighted by Gasteiger charge is 2.17. The van der Waals surface area contributed by atoms with E-state index in [1.807, 2.05) is 30.3 Å². The molecular weight excluding hydrogens is 252 g/mol. The molecule has 0 aliphatic rings. The van der Waals surface area contributed by atoms with Gasteiger partial charge in [0.1, 0.15) is 17.5 Å². The molecule has 4 nitrogen and oxygen atoms in total. The zero-order valence-corrected chi connectivity index (χ0v) is 10.9. The number of nitriles is 1. The van der Waals surface area contributed by atoms with E-state index in [1.54, 1.807) is 25.3 Å². The van der Waals surface area contributed by atoms with Crippen molar-refractivity contribution in [2.24, 2.45) is 0 Å². The van der Waals surface area contributed by atoms with Gasteiger partial charge in [-0.3, -0.25) is 0 Å². The van der Waals surface area contributed by atoms with Crippen LogP contribution in [0.5, 0.6) is 5.75 Å². The summed E-state index contributed by atoms with van der Waals surface area (Å²) < 4.78 is 6.18. The van der Waals surface area contributed by atoms with Crippen LogP contribution in [0.4, 0.5) is 0 Å². The van der Waals surface area contributed by atoms with Crippen molar-refractivity contribution in [3.63, 3.8) is 0 Å². The standard InChI is InChI=1S/C16H12N2O2/c1-20-12-8-6-11(7-9-12)16-14(10-17)13-4-2-3-5-15(13)18(16)19/h2-9,19H,1H3. The molecule has 1 heterocycles. The van der Waals surface area contributed by atoms with Gasteiger partial charge in [-0.25, -0.2) is 0 Å². The van der Waals surface area contributed by atoms with Gasteiger partial charge in [-0.1, -0.05) is 18.2 Å². The Morgan fingerprint density at radius 2 is 1.80 bits per heavy atom. The average Bonchev–Trinajstić information content (AvgIpc) is 2.80. The number of ether oxygens (including phenoxy) is 1. The third-order valence-corrected chi connectivity index (χ3v) is 3.33. The Hall–Kier alpha value is -2.93. The number of hydrogen-bond acceptors (Lipinski definition) is 3. The van der Waals surface area contributed by atoms with Crippen molar-refractivity contribution in [2.75, 3.05) is 7.11 Å². The first-order valence-electron chi connectivity index (χ1n) is 6.13. The molecule has 3 aromatic rings. The number of para-hydroxylation sites is 1. The Bertz CT molecular complexity index is 811. The molecule has 3 rings (SSSR count). The van der Waals surface area contributed by atoms with Gasteiger partial charge in [0, 0.05) is 10.9 Å². The van der Waals surface area contributed by atoms with Crippen molar-refractivity contribution in [3.8, 4) is 23.1 Å². The first-order valence-corrected chi connectivity index (χ1v) is 6.13. The van der Waals surface area contributed by atoms with E-state index in [2.05, 4.69) is 6.07 Å². The second-order valence-corrected chi connectivity index (χ2v) is 4.39. The third-order valence-electron chi connectivity index (χ3n) is 3.33. The number of nitrogens with zero attached hydrogens (tertiary/aromatic N) is 2. The Balaban J connectivity index is 2.30. The second-order valence-electron chi connectivity index (χ2n) is 4.39. The minimum absolute atomic E-state index is 0.466. The summed E-state index contributed by atoms with van der Waals surface area (Å²) in [7, 11) is 1.60. The number of rotatable bonds is 2. The summed E-state index contributed by atoms with van der Waals surface area (Å²) in [5.41, 5.74) is 2.35. The van der Waals surface area contributed by atoms with Crippen LogP contribution in [0.25, 0.3) is 22.2 Å². The molecule has 0 atom stereocenters. The van der Waals surface area contributed by atoms with Crippen LogP contribution in [-0.4, -0.2) is 17.0 Å². The number of methoxy groups -OCH3 is 1. The van der Waals surface area contributed by atoms with Gasteiger partial charge in [-0.05, 0) is 30.3 Å². The van der Waals surface area contributed by atoms with Crippen molar-refractivity contribution in [1.29, 1.82) is 5.26 Å². The van der Waals surface area contributed by atoms with E-state index < -0.39 is 0 Å². The van der Waals surface area contributed by atoms with Gasteiger partial charge < -0.3 is 9.94 Å². The Kier molecular flexibility index (Phi) is 2.81. The van der Waals surface area contributed by atoms with E-state index in [0.717, 1.165) is 21.4 Å². The maximum atomic E-state index is 10.3. The summed E-state index contributed by atoms with van der Waals surface area (Å²) in [6.07, 6.45) is 0. The van der Waals surface area contributed by atoms with Crippen molar-refractivity contribution >= 4 is 10.9 Å². The quantitative estimate of drug-likeness (QED) is 0.721. The zero-order valence-electron chi connectivity index (χ0n) is 10.9. The fraction of sp³-hybridized carbons (Fsp3) is 0.0625. The van der Waals surface area contributed by atoms with Crippen LogP contribution in [0, 0.1) is 11.3 Å². The van der Waals surface area contributed by atoms with Crippen LogP contribution in [0.1, 0.15) is 5.56 Å². The lowest BCUT2D eigenvalue weighted by molar-refractivity contribution is 0.204. The Morgan fingerprint density at radius 3 is 2.45 bits per heavy atom. The third kappa shape index (κ3) is 1.69. The highest BCUT2D eigenvalue weighted by atomic mass is 16.5. The van der Waals surface area contributed by atoms with Crippen molar-refractivity contribution in [3.05, 3.63) is 54.1 Å². The molecule has 0 saturated heterocycles. The predicted octanol–water partition coefficient (Wildman–Crippen LogP) is 3.43. The molecule has 0 radical (unpaired) electrons. The average molecular weight is 264 g/mol. The van der Waals surface area contributed by atoms with E-state index >= 15 is 0 Å². The van der Waals surface area contributed by atoms with Crippen LogP contribution in [0.3, 0.4) is 0 Å². The summed E-state index contributed by atoms with van der Waals surface area (Å²) >= 11 is 0. The lowest BCUT2D eigenvalue weighted by Gasteiger charge is -2.05. The van der Waals surface area contributed by atoms with Crippen LogP contribution in [0.15, 0.2) is 48.5 Å². The molecule has 2 aromatic carbocycles. The molecule has 0 unspecified atom stereocenters. The molecule has 0 amide bonds. The van der Waals surface area contributed by atoms with Gasteiger partial charge in [-0.2, -0.15) is 9.99 Å². The Morgan fingerprint density at radius 1 is 1.10 bits per heavy atom. The van der Waals surface area contributed by atoms with Gasteiger partial charge in [-0.15, -0.1) is 0 Å². The van der Waals surface area contributed by atoms with E-state index in [9.17, 15) is 10.5 Å². The fourth-order valence-electron chi connectivity index (χ4n) is 2.35. The summed E-state index contributed by atoms with van der Waals surface area (Å²) in [4.78, 5) is 0. The van der Waals surface area contributed by atoms with Gasteiger partial charge in [0.25, 0.3) is 0 Å². The van der Waals surface area contributed by atoms with Crippen LogP contribution < -0.4 is 4.74 Å². The molecular formula is C16H12N2O2. The van der Waals surface area contributed by atoms with Gasteiger partial charge in [0.2, 0.25) is 0 Å². The first-order chi connectivity index (χ1) is 9.76. The van der Waals surface area contributed by atoms with Crippen molar-refractivity contribution in [2.45, 2.75) is 0 Å². The molecule has 0 spiro atoms. The number of aromatic nitrogens is 1. The lowest BCUT2D eigenvalue weighted by Crippen LogP contribution is -1.94. The van der Waals surface area contributed by atoms with Crippen molar-refractivity contribution < 1.29 is 9.94 Å². The van der Waals surface area contributed by atoms with E-state index in [-0.39, 0.29) is 0 Å². The molecule has 1 N–H and O–H groups in total. The number of hydrogen-bond donors (Lipinski definition) is 1. The molecule has 0 saturated carbocycles. The second kappa shape index (κ2) is 4.63. The maximum Gasteiger partial charge on any atom is 0.118 e. The molecule has 0 bridgehead atoms.